The molecule has 0 atom stereocenters. The largest absolute Gasteiger partial charge is 0.423 e. The fourth-order valence-electron chi connectivity index (χ4n) is 4.62. The van der Waals surface area contributed by atoms with Crippen LogP contribution < -0.4 is 9.80 Å². The Morgan fingerprint density at radius 3 is 2.80 bits per heavy atom. The molecule has 0 aliphatic carbocycles. The van der Waals surface area contributed by atoms with Gasteiger partial charge in [0.25, 0.3) is 6.01 Å². The Labute approximate surface area is 172 Å². The van der Waals surface area contributed by atoms with E-state index in [9.17, 15) is 4.39 Å². The van der Waals surface area contributed by atoms with Crippen molar-refractivity contribution in [3.8, 4) is 0 Å². The van der Waals surface area contributed by atoms with E-state index in [0.717, 1.165) is 59.4 Å². The van der Waals surface area contributed by atoms with Crippen LogP contribution in [0.1, 0.15) is 11.3 Å². The summed E-state index contributed by atoms with van der Waals surface area (Å²) in [6.45, 7) is 4.57. The first-order chi connectivity index (χ1) is 14.7. The highest BCUT2D eigenvalue weighted by Gasteiger charge is 2.25. The standard InChI is InChI=1S/C22H22FN5O2/c1-26-19-4-5-28(13-17(19)16-10-14(23)12-24-21(16)26)15-2-3-18-20(11-15)30-22(25-18)27-6-8-29-9-7-27/h2-3,10-12H,4-9,13H2,1H3. The van der Waals surface area contributed by atoms with Gasteiger partial charge in [-0.2, -0.15) is 4.98 Å². The monoisotopic (exact) mass is 407 g/mol. The van der Waals surface area contributed by atoms with Crippen molar-refractivity contribution in [2.75, 3.05) is 42.6 Å². The van der Waals surface area contributed by atoms with Gasteiger partial charge >= 0.3 is 0 Å². The second-order valence-corrected chi connectivity index (χ2v) is 7.93. The Kier molecular flexibility index (Phi) is 3.95. The summed E-state index contributed by atoms with van der Waals surface area (Å²) in [5, 5.41) is 0.896. The highest BCUT2D eigenvalue weighted by molar-refractivity contribution is 5.84. The van der Waals surface area contributed by atoms with Crippen LogP contribution in [-0.2, 0) is 24.8 Å². The lowest BCUT2D eigenvalue weighted by Gasteiger charge is -2.29. The summed E-state index contributed by atoms with van der Waals surface area (Å²) in [5.74, 6) is -0.299. The number of oxazole rings is 1. The molecule has 0 radical (unpaired) electrons. The van der Waals surface area contributed by atoms with E-state index in [-0.39, 0.29) is 5.82 Å². The van der Waals surface area contributed by atoms with Crippen LogP contribution in [0.4, 0.5) is 16.1 Å². The fraction of sp³-hybridized carbons (Fsp3) is 0.364. The number of halogens is 1. The van der Waals surface area contributed by atoms with Gasteiger partial charge in [0.15, 0.2) is 5.58 Å². The first-order valence-electron chi connectivity index (χ1n) is 10.3. The van der Waals surface area contributed by atoms with Crippen LogP contribution in [0.25, 0.3) is 22.1 Å². The molecule has 4 aromatic rings. The maximum Gasteiger partial charge on any atom is 0.298 e. The van der Waals surface area contributed by atoms with Crippen molar-refractivity contribution in [1.29, 1.82) is 0 Å². The Bertz CT molecular complexity index is 1260. The molecule has 30 heavy (non-hydrogen) atoms. The second kappa shape index (κ2) is 6.70. The number of benzene rings is 1. The van der Waals surface area contributed by atoms with Crippen LogP contribution in [0.15, 0.2) is 34.9 Å². The molecule has 0 amide bonds. The molecule has 1 aromatic carbocycles. The molecule has 2 aliphatic heterocycles. The van der Waals surface area contributed by atoms with E-state index < -0.39 is 0 Å². The molecule has 2 aliphatic rings. The minimum atomic E-state index is -0.299. The SMILES string of the molecule is Cn1c2c(c3cc(F)cnc31)CN(c1ccc3nc(N4CCOCC4)oc3c1)CC2. The summed E-state index contributed by atoms with van der Waals surface area (Å²) in [4.78, 5) is 13.4. The third kappa shape index (κ3) is 2.74. The number of aryl methyl sites for hydroxylation is 1. The predicted octanol–water partition coefficient (Wildman–Crippen LogP) is 3.25. The van der Waals surface area contributed by atoms with Gasteiger partial charge in [-0.1, -0.05) is 0 Å². The van der Waals surface area contributed by atoms with Crippen LogP contribution in [0.2, 0.25) is 0 Å². The van der Waals surface area contributed by atoms with Crippen LogP contribution in [-0.4, -0.2) is 47.4 Å². The van der Waals surface area contributed by atoms with Crippen molar-refractivity contribution in [2.45, 2.75) is 13.0 Å². The van der Waals surface area contributed by atoms with Crippen molar-refractivity contribution >= 4 is 33.8 Å². The van der Waals surface area contributed by atoms with Crippen molar-refractivity contribution in [2.24, 2.45) is 7.05 Å². The summed E-state index contributed by atoms with van der Waals surface area (Å²) >= 11 is 0. The van der Waals surface area contributed by atoms with Gasteiger partial charge in [-0.3, -0.25) is 0 Å². The molecule has 1 fully saturated rings. The lowest BCUT2D eigenvalue weighted by molar-refractivity contribution is 0.120. The fourth-order valence-corrected chi connectivity index (χ4v) is 4.62. The number of pyridine rings is 1. The maximum atomic E-state index is 13.8. The molecular weight excluding hydrogens is 385 g/mol. The van der Waals surface area contributed by atoms with Gasteiger partial charge in [0.05, 0.1) is 19.4 Å². The summed E-state index contributed by atoms with van der Waals surface area (Å²) in [6, 6.07) is 8.41. The number of morpholine rings is 1. The van der Waals surface area contributed by atoms with E-state index in [2.05, 4.69) is 36.5 Å². The zero-order valence-electron chi connectivity index (χ0n) is 16.8. The summed E-state index contributed by atoms with van der Waals surface area (Å²) < 4.78 is 27.4. The van der Waals surface area contributed by atoms with Crippen LogP contribution >= 0.6 is 0 Å². The van der Waals surface area contributed by atoms with E-state index in [0.29, 0.717) is 25.8 Å². The molecule has 0 saturated carbocycles. The van der Waals surface area contributed by atoms with Crippen LogP contribution in [0.3, 0.4) is 0 Å². The molecule has 6 rings (SSSR count). The average Bonchev–Trinajstić information content (AvgIpc) is 3.33. The molecule has 0 spiro atoms. The zero-order chi connectivity index (χ0) is 20.2. The Morgan fingerprint density at radius 1 is 1.07 bits per heavy atom. The molecule has 1 saturated heterocycles. The minimum absolute atomic E-state index is 0.299. The average molecular weight is 407 g/mol. The predicted molar refractivity (Wildman–Crippen MR) is 112 cm³/mol. The van der Waals surface area contributed by atoms with Crippen LogP contribution in [0, 0.1) is 5.82 Å². The molecule has 0 unspecified atom stereocenters. The maximum absolute atomic E-state index is 13.8. The van der Waals surface area contributed by atoms with E-state index in [1.54, 1.807) is 6.07 Å². The van der Waals surface area contributed by atoms with Crippen molar-refractivity contribution in [3.63, 3.8) is 0 Å². The molecule has 154 valence electrons. The second-order valence-electron chi connectivity index (χ2n) is 7.93. The number of aromatic nitrogens is 3. The van der Waals surface area contributed by atoms with Gasteiger partial charge in [0, 0.05) is 68.0 Å². The highest BCUT2D eigenvalue weighted by Crippen LogP contribution is 2.33. The van der Waals surface area contributed by atoms with Gasteiger partial charge in [-0.05, 0) is 18.2 Å². The van der Waals surface area contributed by atoms with E-state index in [1.807, 2.05) is 13.1 Å². The van der Waals surface area contributed by atoms with Gasteiger partial charge < -0.3 is 23.5 Å². The van der Waals surface area contributed by atoms with Crippen molar-refractivity contribution < 1.29 is 13.5 Å². The van der Waals surface area contributed by atoms with Gasteiger partial charge in [-0.15, -0.1) is 0 Å². The normalized spacial score (nSPS) is 17.1. The minimum Gasteiger partial charge on any atom is -0.423 e. The van der Waals surface area contributed by atoms with Gasteiger partial charge in [0.2, 0.25) is 0 Å². The molecule has 0 N–H and O–H groups in total. The third-order valence-corrected chi connectivity index (χ3v) is 6.20. The van der Waals surface area contributed by atoms with E-state index in [4.69, 9.17) is 9.15 Å². The summed E-state index contributed by atoms with van der Waals surface area (Å²) in [6.07, 6.45) is 2.17. The van der Waals surface area contributed by atoms with Gasteiger partial charge in [0.1, 0.15) is 17.0 Å². The first-order valence-corrected chi connectivity index (χ1v) is 10.3. The Hall–Kier alpha value is -3.13. The molecule has 5 heterocycles. The van der Waals surface area contributed by atoms with Gasteiger partial charge in [-0.25, -0.2) is 9.37 Å². The number of ether oxygens (including phenoxy) is 1. The topological polar surface area (TPSA) is 59.6 Å². The zero-order valence-corrected chi connectivity index (χ0v) is 16.8. The highest BCUT2D eigenvalue weighted by atomic mass is 19.1. The quantitative estimate of drug-likeness (QED) is 0.508. The van der Waals surface area contributed by atoms with Crippen LogP contribution in [0.5, 0.6) is 0 Å². The molecular formula is C22H22FN5O2. The van der Waals surface area contributed by atoms with E-state index in [1.165, 1.54) is 11.9 Å². The number of nitrogens with zero attached hydrogens (tertiary/aromatic N) is 5. The van der Waals surface area contributed by atoms with E-state index >= 15 is 0 Å². The Balaban J connectivity index is 1.34. The molecule has 7 nitrogen and oxygen atoms in total. The summed E-state index contributed by atoms with van der Waals surface area (Å²) in [5.41, 5.74) is 5.94. The first kappa shape index (κ1) is 17.7. The smallest absolute Gasteiger partial charge is 0.298 e. The third-order valence-electron chi connectivity index (χ3n) is 6.20. The number of hydrogen-bond acceptors (Lipinski definition) is 6. The molecule has 0 bridgehead atoms. The van der Waals surface area contributed by atoms with Crippen molar-refractivity contribution in [1.82, 2.24) is 14.5 Å². The summed E-state index contributed by atoms with van der Waals surface area (Å²) in [7, 11) is 2.01. The molecule has 3 aromatic heterocycles. The van der Waals surface area contributed by atoms with Crippen molar-refractivity contribution in [3.05, 3.63) is 47.5 Å². The number of fused-ring (bicyclic) bond motifs is 4. The lowest BCUT2D eigenvalue weighted by Crippen LogP contribution is -2.36. The number of anilines is 2. The molecule has 8 heteroatoms. The lowest BCUT2D eigenvalue weighted by atomic mass is 10.0. The number of hydrogen-bond donors (Lipinski definition) is 0. The number of rotatable bonds is 2. The Morgan fingerprint density at radius 2 is 1.93 bits per heavy atom.